The Morgan fingerprint density at radius 1 is 1.06 bits per heavy atom. The van der Waals surface area contributed by atoms with Gasteiger partial charge in [0.05, 0.1) is 7.11 Å². The van der Waals surface area contributed by atoms with E-state index in [4.69, 9.17) is 4.74 Å². The third-order valence-electron chi connectivity index (χ3n) is 3.23. The molecule has 0 aromatic heterocycles. The van der Waals surface area contributed by atoms with Crippen molar-refractivity contribution < 1.29 is 9.53 Å². The van der Waals surface area contributed by atoms with E-state index in [0.717, 1.165) is 28.7 Å². The molecule has 2 rings (SSSR count). The Morgan fingerprint density at radius 3 is 2.39 bits per heavy atom. The van der Waals surface area contributed by atoms with Crippen molar-refractivity contribution in [3.8, 4) is 16.9 Å². The summed E-state index contributed by atoms with van der Waals surface area (Å²) in [6.45, 7) is 4.01. The largest absolute Gasteiger partial charge is 0.496 e. The number of hydrogen-bond donors (Lipinski definition) is 0. The van der Waals surface area contributed by atoms with E-state index in [-0.39, 0.29) is 0 Å². The Kier molecular flexibility index (Phi) is 3.47. The van der Waals surface area contributed by atoms with Crippen LogP contribution in [0.5, 0.6) is 5.75 Å². The summed E-state index contributed by atoms with van der Waals surface area (Å²) in [5, 5.41) is 0. The molecule has 2 aromatic carbocycles. The maximum absolute atomic E-state index is 11.1. The minimum absolute atomic E-state index is 0.703. The van der Waals surface area contributed by atoms with Gasteiger partial charge in [-0.05, 0) is 42.7 Å². The SMILES string of the molecule is COc1ccc(C=O)c(C)c1-c1ccccc1C. The predicted octanol–water partition coefficient (Wildman–Crippen LogP) is 3.79. The van der Waals surface area contributed by atoms with E-state index < -0.39 is 0 Å². The molecule has 0 spiro atoms. The van der Waals surface area contributed by atoms with Crippen molar-refractivity contribution in [3.63, 3.8) is 0 Å². The van der Waals surface area contributed by atoms with Crippen molar-refractivity contribution in [2.45, 2.75) is 13.8 Å². The van der Waals surface area contributed by atoms with E-state index >= 15 is 0 Å². The highest BCUT2D eigenvalue weighted by atomic mass is 16.5. The zero-order valence-electron chi connectivity index (χ0n) is 10.9. The predicted molar refractivity (Wildman–Crippen MR) is 73.3 cm³/mol. The van der Waals surface area contributed by atoms with E-state index in [1.165, 1.54) is 5.56 Å². The van der Waals surface area contributed by atoms with Crippen LogP contribution in [0, 0.1) is 13.8 Å². The van der Waals surface area contributed by atoms with Crippen molar-refractivity contribution in [2.24, 2.45) is 0 Å². The summed E-state index contributed by atoms with van der Waals surface area (Å²) in [5.41, 5.74) is 4.94. The molecule has 0 N–H and O–H groups in total. The fourth-order valence-electron chi connectivity index (χ4n) is 2.19. The molecule has 2 heteroatoms. The third-order valence-corrected chi connectivity index (χ3v) is 3.23. The van der Waals surface area contributed by atoms with Crippen LogP contribution in [0.2, 0.25) is 0 Å². The number of hydrogen-bond acceptors (Lipinski definition) is 2. The molecule has 0 saturated carbocycles. The van der Waals surface area contributed by atoms with Crippen LogP contribution < -0.4 is 4.74 Å². The first-order chi connectivity index (χ1) is 8.69. The molecular weight excluding hydrogens is 224 g/mol. The normalized spacial score (nSPS) is 10.2. The zero-order valence-corrected chi connectivity index (χ0v) is 10.9. The molecule has 0 radical (unpaired) electrons. The average Bonchev–Trinajstić information content (AvgIpc) is 2.39. The second kappa shape index (κ2) is 5.05. The first-order valence-corrected chi connectivity index (χ1v) is 5.87. The van der Waals surface area contributed by atoms with Gasteiger partial charge in [0.25, 0.3) is 0 Å². The lowest BCUT2D eigenvalue weighted by molar-refractivity contribution is 0.112. The highest BCUT2D eigenvalue weighted by molar-refractivity contribution is 5.86. The first kappa shape index (κ1) is 12.4. The van der Waals surface area contributed by atoms with Crippen LogP contribution in [-0.4, -0.2) is 13.4 Å². The van der Waals surface area contributed by atoms with Crippen LogP contribution in [0.15, 0.2) is 36.4 Å². The number of benzene rings is 2. The van der Waals surface area contributed by atoms with E-state index in [1.807, 2.05) is 25.1 Å². The number of aryl methyl sites for hydroxylation is 1. The molecular formula is C16H16O2. The van der Waals surface area contributed by atoms with Gasteiger partial charge in [0.15, 0.2) is 0 Å². The molecule has 0 fully saturated rings. The number of rotatable bonds is 3. The van der Waals surface area contributed by atoms with E-state index in [9.17, 15) is 4.79 Å². The van der Waals surface area contributed by atoms with Gasteiger partial charge in [0.2, 0.25) is 0 Å². The quantitative estimate of drug-likeness (QED) is 0.763. The molecule has 18 heavy (non-hydrogen) atoms. The van der Waals surface area contributed by atoms with Crippen molar-refractivity contribution in [2.75, 3.05) is 7.11 Å². The lowest BCUT2D eigenvalue weighted by Gasteiger charge is -2.15. The van der Waals surface area contributed by atoms with Gasteiger partial charge >= 0.3 is 0 Å². The summed E-state index contributed by atoms with van der Waals surface area (Å²) in [6.07, 6.45) is 0.885. The van der Waals surface area contributed by atoms with Crippen LogP contribution in [0.1, 0.15) is 21.5 Å². The Morgan fingerprint density at radius 2 is 1.78 bits per heavy atom. The molecule has 2 aromatic rings. The second-order valence-electron chi connectivity index (χ2n) is 4.29. The van der Waals surface area contributed by atoms with Crippen LogP contribution in [0.3, 0.4) is 0 Å². The number of ether oxygens (including phenoxy) is 1. The van der Waals surface area contributed by atoms with Crippen molar-refractivity contribution >= 4 is 6.29 Å². The van der Waals surface area contributed by atoms with Gasteiger partial charge in [0, 0.05) is 11.1 Å². The van der Waals surface area contributed by atoms with E-state index in [0.29, 0.717) is 5.56 Å². The molecule has 92 valence electrons. The first-order valence-electron chi connectivity index (χ1n) is 5.87. The van der Waals surface area contributed by atoms with Crippen LogP contribution in [0.25, 0.3) is 11.1 Å². The van der Waals surface area contributed by atoms with Crippen LogP contribution in [-0.2, 0) is 0 Å². The average molecular weight is 240 g/mol. The van der Waals surface area contributed by atoms with Crippen LogP contribution in [0.4, 0.5) is 0 Å². The summed E-state index contributed by atoms with van der Waals surface area (Å²) in [7, 11) is 1.65. The molecule has 0 aliphatic rings. The highest BCUT2D eigenvalue weighted by Crippen LogP contribution is 2.36. The lowest BCUT2D eigenvalue weighted by atomic mass is 9.93. The molecule has 0 amide bonds. The fourth-order valence-corrected chi connectivity index (χ4v) is 2.19. The molecule has 0 aliphatic carbocycles. The van der Waals surface area contributed by atoms with Gasteiger partial charge in [0.1, 0.15) is 12.0 Å². The van der Waals surface area contributed by atoms with Crippen LogP contribution >= 0.6 is 0 Å². The molecule has 0 aliphatic heterocycles. The Labute approximate surface area is 107 Å². The van der Waals surface area contributed by atoms with Crippen molar-refractivity contribution in [1.29, 1.82) is 0 Å². The maximum atomic E-state index is 11.1. The minimum Gasteiger partial charge on any atom is -0.496 e. The second-order valence-corrected chi connectivity index (χ2v) is 4.29. The maximum Gasteiger partial charge on any atom is 0.150 e. The Bertz CT molecular complexity index is 586. The third kappa shape index (κ3) is 2.02. The lowest BCUT2D eigenvalue weighted by Crippen LogP contribution is -1.96. The summed E-state index contributed by atoms with van der Waals surface area (Å²) in [4.78, 5) is 11.1. The van der Waals surface area contributed by atoms with Gasteiger partial charge in [-0.2, -0.15) is 0 Å². The molecule has 0 bridgehead atoms. The van der Waals surface area contributed by atoms with Gasteiger partial charge < -0.3 is 4.74 Å². The molecule has 0 heterocycles. The highest BCUT2D eigenvalue weighted by Gasteiger charge is 2.13. The molecule has 0 unspecified atom stereocenters. The minimum atomic E-state index is 0.703. The van der Waals surface area contributed by atoms with Crippen molar-refractivity contribution in [1.82, 2.24) is 0 Å². The Balaban J connectivity index is 2.76. The fraction of sp³-hybridized carbons (Fsp3) is 0.188. The smallest absolute Gasteiger partial charge is 0.150 e. The molecule has 0 atom stereocenters. The van der Waals surface area contributed by atoms with Crippen molar-refractivity contribution in [3.05, 3.63) is 53.1 Å². The van der Waals surface area contributed by atoms with E-state index in [1.54, 1.807) is 13.2 Å². The summed E-state index contributed by atoms with van der Waals surface area (Å²) in [5.74, 6) is 0.799. The number of carbonyl (C=O) groups excluding carboxylic acids is 1. The molecule has 2 nitrogen and oxygen atoms in total. The number of aldehydes is 1. The van der Waals surface area contributed by atoms with Gasteiger partial charge in [-0.15, -0.1) is 0 Å². The monoisotopic (exact) mass is 240 g/mol. The molecule has 0 saturated heterocycles. The van der Waals surface area contributed by atoms with E-state index in [2.05, 4.69) is 19.1 Å². The number of carbonyl (C=O) groups is 1. The van der Waals surface area contributed by atoms with Gasteiger partial charge in [-0.1, -0.05) is 24.3 Å². The van der Waals surface area contributed by atoms with Gasteiger partial charge in [-0.25, -0.2) is 0 Å². The number of methoxy groups -OCH3 is 1. The summed E-state index contributed by atoms with van der Waals surface area (Å²) in [6, 6.07) is 11.7. The van der Waals surface area contributed by atoms with Gasteiger partial charge in [-0.3, -0.25) is 4.79 Å². The summed E-state index contributed by atoms with van der Waals surface area (Å²) < 4.78 is 5.42. The summed E-state index contributed by atoms with van der Waals surface area (Å²) >= 11 is 0. The Hall–Kier alpha value is -2.09. The topological polar surface area (TPSA) is 26.3 Å². The standard InChI is InChI=1S/C16H16O2/c1-11-6-4-5-7-14(11)16-12(2)13(10-17)8-9-15(16)18-3/h4-10H,1-3H3. The zero-order chi connectivity index (χ0) is 13.1.